The minimum absolute atomic E-state index is 0.0640. The first kappa shape index (κ1) is 22.0. The second-order valence-electron chi connectivity index (χ2n) is 7.04. The Hall–Kier alpha value is -3.23. The van der Waals surface area contributed by atoms with Crippen LogP contribution in [0.3, 0.4) is 0 Å². The molecule has 0 radical (unpaired) electrons. The van der Waals surface area contributed by atoms with Gasteiger partial charge in [0, 0.05) is 23.2 Å². The number of pyridine rings is 1. The first-order valence-corrected chi connectivity index (χ1v) is 10.7. The zero-order valence-corrected chi connectivity index (χ0v) is 18.3. The van der Waals surface area contributed by atoms with Crippen LogP contribution < -0.4 is 9.47 Å². The van der Waals surface area contributed by atoms with Crippen LogP contribution in [0.5, 0.6) is 11.5 Å². The van der Waals surface area contributed by atoms with Crippen molar-refractivity contribution in [3.05, 3.63) is 87.0 Å². The van der Waals surface area contributed by atoms with Crippen LogP contribution in [0.25, 0.3) is 10.1 Å². The van der Waals surface area contributed by atoms with Gasteiger partial charge in [0.2, 0.25) is 0 Å². The van der Waals surface area contributed by atoms with Crippen LogP contribution in [0, 0.1) is 18.6 Å². The lowest BCUT2D eigenvalue weighted by Gasteiger charge is -2.11. The van der Waals surface area contributed by atoms with Crippen molar-refractivity contribution in [2.75, 3.05) is 0 Å². The molecule has 0 unspecified atom stereocenters. The predicted molar refractivity (Wildman–Crippen MR) is 118 cm³/mol. The van der Waals surface area contributed by atoms with Crippen LogP contribution in [-0.2, 0) is 13.2 Å². The third-order valence-corrected chi connectivity index (χ3v) is 6.01. The van der Waals surface area contributed by atoms with E-state index in [0.29, 0.717) is 27.1 Å². The molecule has 4 rings (SSSR count). The summed E-state index contributed by atoms with van der Waals surface area (Å²) in [5, 5.41) is 11.9. The molecule has 9 heteroatoms. The molecule has 0 aliphatic heterocycles. The molecule has 0 bridgehead atoms. The number of benzene rings is 2. The highest BCUT2D eigenvalue weighted by molar-refractivity contribution is 7.17. The largest absolute Gasteiger partial charge is 0.489 e. The summed E-state index contributed by atoms with van der Waals surface area (Å²) in [6.45, 7) is 2.09. The topological polar surface area (TPSA) is 68.7 Å². The number of nitrogens with zero attached hydrogens (tertiary/aromatic N) is 1. The molecule has 32 heavy (non-hydrogen) atoms. The number of ether oxygens (including phenoxy) is 2. The Bertz CT molecular complexity index is 1330. The lowest BCUT2D eigenvalue weighted by atomic mass is 10.1. The average molecular weight is 476 g/mol. The molecule has 2 heterocycles. The first-order valence-electron chi connectivity index (χ1n) is 9.41. The third kappa shape index (κ3) is 4.66. The van der Waals surface area contributed by atoms with Gasteiger partial charge in [0.1, 0.15) is 29.9 Å². The number of hydrogen-bond acceptors (Lipinski definition) is 5. The van der Waals surface area contributed by atoms with Gasteiger partial charge < -0.3 is 14.6 Å². The summed E-state index contributed by atoms with van der Waals surface area (Å²) in [6, 6.07) is 8.90. The average Bonchev–Trinajstić information content (AvgIpc) is 3.18. The van der Waals surface area contributed by atoms with Crippen molar-refractivity contribution in [3.8, 4) is 11.5 Å². The van der Waals surface area contributed by atoms with E-state index >= 15 is 0 Å². The molecule has 5 nitrogen and oxygen atoms in total. The first-order chi connectivity index (χ1) is 15.3. The summed E-state index contributed by atoms with van der Waals surface area (Å²) in [5.74, 6) is -1.88. The second kappa shape index (κ2) is 9.10. The van der Waals surface area contributed by atoms with Crippen LogP contribution >= 0.6 is 22.9 Å². The number of hydrogen-bond donors (Lipinski definition) is 1. The molecule has 0 aliphatic rings. The van der Waals surface area contributed by atoms with Gasteiger partial charge in [-0.05, 0) is 47.7 Å². The number of carboxylic acids is 1. The van der Waals surface area contributed by atoms with E-state index in [-0.39, 0.29) is 23.9 Å². The Morgan fingerprint density at radius 1 is 1.09 bits per heavy atom. The van der Waals surface area contributed by atoms with Gasteiger partial charge >= 0.3 is 5.97 Å². The van der Waals surface area contributed by atoms with Crippen LogP contribution in [0.4, 0.5) is 8.78 Å². The Morgan fingerprint density at radius 3 is 2.50 bits per heavy atom. The Morgan fingerprint density at radius 2 is 1.81 bits per heavy atom. The number of aromatic carboxylic acids is 1. The van der Waals surface area contributed by atoms with Gasteiger partial charge in [0.15, 0.2) is 11.6 Å². The highest BCUT2D eigenvalue weighted by Crippen LogP contribution is 2.34. The summed E-state index contributed by atoms with van der Waals surface area (Å²) in [6.07, 6.45) is 1.24. The monoisotopic (exact) mass is 475 g/mol. The maximum absolute atomic E-state index is 13.4. The van der Waals surface area contributed by atoms with E-state index in [1.165, 1.54) is 23.6 Å². The Labute approximate surface area is 190 Å². The molecule has 2 aromatic carbocycles. The van der Waals surface area contributed by atoms with Crippen molar-refractivity contribution in [2.45, 2.75) is 20.1 Å². The van der Waals surface area contributed by atoms with Gasteiger partial charge in [-0.1, -0.05) is 17.7 Å². The molecule has 0 saturated heterocycles. The number of carboxylic acid groups (broad SMARTS) is 1. The summed E-state index contributed by atoms with van der Waals surface area (Å²) >= 11 is 7.47. The minimum Gasteiger partial charge on any atom is -0.489 e. The van der Waals surface area contributed by atoms with E-state index in [2.05, 4.69) is 4.98 Å². The summed E-state index contributed by atoms with van der Waals surface area (Å²) in [7, 11) is 0. The predicted octanol–water partition coefficient (Wildman–Crippen LogP) is 6.39. The molecule has 0 amide bonds. The minimum atomic E-state index is -1.07. The summed E-state index contributed by atoms with van der Waals surface area (Å²) < 4.78 is 38.6. The summed E-state index contributed by atoms with van der Waals surface area (Å²) in [4.78, 5) is 15.4. The zero-order valence-electron chi connectivity index (χ0n) is 16.7. The van der Waals surface area contributed by atoms with E-state index in [4.69, 9.17) is 21.1 Å². The number of aryl methyl sites for hydroxylation is 1. The van der Waals surface area contributed by atoms with Crippen LogP contribution in [0.2, 0.25) is 5.15 Å². The van der Waals surface area contributed by atoms with Crippen LogP contribution in [-0.4, -0.2) is 16.1 Å². The van der Waals surface area contributed by atoms with E-state index in [9.17, 15) is 18.7 Å². The number of aromatic nitrogens is 1. The normalized spacial score (nSPS) is 11.0. The molecule has 0 atom stereocenters. The molecular formula is C23H16ClF2NO4S. The molecule has 2 aromatic heterocycles. The fraction of sp³-hybridized carbons (Fsp3) is 0.130. The van der Waals surface area contributed by atoms with Gasteiger partial charge in [-0.15, -0.1) is 11.3 Å². The van der Waals surface area contributed by atoms with E-state index in [1.807, 2.05) is 13.0 Å². The van der Waals surface area contributed by atoms with Crippen molar-refractivity contribution in [2.24, 2.45) is 0 Å². The van der Waals surface area contributed by atoms with Gasteiger partial charge in [0.25, 0.3) is 0 Å². The molecular weight excluding hydrogens is 460 g/mol. The van der Waals surface area contributed by atoms with Gasteiger partial charge in [-0.25, -0.2) is 18.6 Å². The lowest BCUT2D eigenvalue weighted by Crippen LogP contribution is -2.00. The van der Waals surface area contributed by atoms with Gasteiger partial charge in [-0.2, -0.15) is 0 Å². The van der Waals surface area contributed by atoms with Crippen molar-refractivity contribution in [1.29, 1.82) is 0 Å². The van der Waals surface area contributed by atoms with Crippen LogP contribution in [0.15, 0.2) is 48.0 Å². The molecule has 0 aliphatic carbocycles. The SMILES string of the molecule is Cc1cc(OCc2ccc(F)c(F)c2)cc(OCc2csc3c(C(=O)O)cnc(Cl)c23)c1. The molecule has 1 N–H and O–H groups in total. The zero-order chi connectivity index (χ0) is 22.8. The number of thiophene rings is 1. The Kier molecular flexibility index (Phi) is 6.25. The van der Waals surface area contributed by atoms with Crippen molar-refractivity contribution in [3.63, 3.8) is 0 Å². The third-order valence-electron chi connectivity index (χ3n) is 4.66. The highest BCUT2D eigenvalue weighted by Gasteiger charge is 2.17. The van der Waals surface area contributed by atoms with E-state index in [1.54, 1.807) is 17.5 Å². The fourth-order valence-electron chi connectivity index (χ4n) is 3.16. The maximum Gasteiger partial charge on any atom is 0.338 e. The van der Waals surface area contributed by atoms with Crippen molar-refractivity contribution < 1.29 is 28.2 Å². The number of rotatable bonds is 7. The van der Waals surface area contributed by atoms with E-state index < -0.39 is 17.6 Å². The second-order valence-corrected chi connectivity index (χ2v) is 8.28. The maximum atomic E-state index is 13.4. The Balaban J connectivity index is 1.51. The number of fused-ring (bicyclic) bond motifs is 1. The molecule has 4 aromatic rings. The number of halogens is 3. The van der Waals surface area contributed by atoms with Crippen molar-refractivity contribution >= 4 is 39.0 Å². The summed E-state index contributed by atoms with van der Waals surface area (Å²) in [5.41, 5.74) is 2.18. The quantitative estimate of drug-likeness (QED) is 0.313. The molecule has 0 saturated carbocycles. The molecule has 164 valence electrons. The highest BCUT2D eigenvalue weighted by atomic mass is 35.5. The smallest absolute Gasteiger partial charge is 0.338 e. The van der Waals surface area contributed by atoms with Gasteiger partial charge in [0.05, 0.1) is 10.3 Å². The van der Waals surface area contributed by atoms with Crippen molar-refractivity contribution in [1.82, 2.24) is 4.98 Å². The van der Waals surface area contributed by atoms with Crippen LogP contribution in [0.1, 0.15) is 27.0 Å². The molecule has 0 fully saturated rings. The fourth-order valence-corrected chi connectivity index (χ4v) is 4.54. The number of carbonyl (C=O) groups is 1. The lowest BCUT2D eigenvalue weighted by molar-refractivity contribution is 0.0699. The standard InChI is InChI=1S/C23H16ClF2NO4S/c1-12-4-15(30-9-13-2-3-18(25)19(26)6-13)7-16(5-12)31-10-14-11-32-21-17(23(28)29)8-27-22(24)20(14)21/h2-8,11H,9-10H2,1H3,(H,28,29). The van der Waals surface area contributed by atoms with E-state index in [0.717, 1.165) is 23.3 Å². The molecule has 0 spiro atoms. The van der Waals surface area contributed by atoms with Gasteiger partial charge in [-0.3, -0.25) is 0 Å².